The first-order chi connectivity index (χ1) is 7.74. The Balaban J connectivity index is 3.19. The summed E-state index contributed by atoms with van der Waals surface area (Å²) in [6, 6.07) is 3.75. The summed E-state index contributed by atoms with van der Waals surface area (Å²) >= 11 is 5.70. The Bertz CT molecular complexity index is 460. The average molecular weight is 236 g/mol. The quantitative estimate of drug-likeness (QED) is 0.435. The van der Waals surface area contributed by atoms with Crippen molar-refractivity contribution >= 4 is 23.7 Å². The van der Waals surface area contributed by atoms with Gasteiger partial charge in [0.1, 0.15) is 30.4 Å². The van der Waals surface area contributed by atoms with Crippen LogP contribution in [0.2, 0.25) is 5.15 Å². The van der Waals surface area contributed by atoms with Crippen molar-refractivity contribution in [3.05, 3.63) is 17.0 Å². The van der Waals surface area contributed by atoms with Crippen LogP contribution in [0.25, 0.3) is 0 Å². The molecule has 80 valence electrons. The van der Waals surface area contributed by atoms with Crippen molar-refractivity contribution in [1.29, 1.82) is 10.5 Å². The van der Waals surface area contributed by atoms with Crippen molar-refractivity contribution in [3.8, 4) is 12.1 Å². The fourth-order valence-electron chi connectivity index (χ4n) is 1.10. The molecule has 0 aliphatic rings. The summed E-state index contributed by atoms with van der Waals surface area (Å²) in [7, 11) is 0. The van der Waals surface area contributed by atoms with Crippen LogP contribution in [0.3, 0.4) is 0 Å². The van der Waals surface area contributed by atoms with E-state index in [0.717, 1.165) is 0 Å². The van der Waals surface area contributed by atoms with Crippen molar-refractivity contribution in [3.63, 3.8) is 0 Å². The second-order valence-corrected chi connectivity index (χ2v) is 3.05. The van der Waals surface area contributed by atoms with E-state index in [1.807, 2.05) is 12.1 Å². The molecular weight excluding hydrogens is 230 g/mol. The Morgan fingerprint density at radius 3 is 2.50 bits per heavy atom. The lowest BCUT2D eigenvalue weighted by Gasteiger charge is -2.18. The van der Waals surface area contributed by atoms with E-state index in [9.17, 15) is 4.79 Å². The largest absolute Gasteiger partial charge is 0.329 e. The number of carbonyl (C=O) groups is 1. The van der Waals surface area contributed by atoms with Crippen molar-refractivity contribution in [1.82, 2.24) is 9.97 Å². The Hall–Kier alpha value is -2.18. The molecule has 0 saturated heterocycles. The fraction of sp³-hybridized carbons (Fsp3) is 0.222. The highest BCUT2D eigenvalue weighted by molar-refractivity contribution is 6.32. The lowest BCUT2D eigenvalue weighted by Crippen LogP contribution is -2.26. The number of nitriles is 2. The Morgan fingerprint density at radius 2 is 2.00 bits per heavy atom. The van der Waals surface area contributed by atoms with E-state index in [0.29, 0.717) is 6.29 Å². The maximum absolute atomic E-state index is 10.8. The summed E-state index contributed by atoms with van der Waals surface area (Å²) in [5, 5.41) is 17.2. The number of aromatic nitrogens is 2. The first-order valence-corrected chi connectivity index (χ1v) is 4.57. The molecule has 0 bridgehead atoms. The van der Waals surface area contributed by atoms with E-state index >= 15 is 0 Å². The van der Waals surface area contributed by atoms with E-state index in [2.05, 4.69) is 9.97 Å². The van der Waals surface area contributed by atoms with Crippen molar-refractivity contribution in [2.45, 2.75) is 0 Å². The topological polar surface area (TPSA) is 93.7 Å². The molecule has 0 radical (unpaired) electrons. The predicted octanol–water partition coefficient (Wildman–Crippen LogP) is 0.796. The van der Waals surface area contributed by atoms with Crippen molar-refractivity contribution in [2.24, 2.45) is 0 Å². The molecule has 0 atom stereocenters. The molecule has 1 rings (SSSR count). The number of hydrogen-bond acceptors (Lipinski definition) is 6. The van der Waals surface area contributed by atoms with Gasteiger partial charge >= 0.3 is 0 Å². The maximum atomic E-state index is 10.8. The standard InChI is InChI=1S/C9H6ClN5O/c10-8-7(5-16)9(14-6-13-8)15(3-1-11)4-2-12/h5-6H,3-4H2. The van der Waals surface area contributed by atoms with Gasteiger partial charge in [0.15, 0.2) is 6.29 Å². The normalized spacial score (nSPS) is 8.94. The van der Waals surface area contributed by atoms with Gasteiger partial charge in [-0.1, -0.05) is 11.6 Å². The molecule has 1 heterocycles. The summed E-state index contributed by atoms with van der Waals surface area (Å²) < 4.78 is 0. The lowest BCUT2D eigenvalue weighted by molar-refractivity contribution is 0.112. The third-order valence-corrected chi connectivity index (χ3v) is 2.06. The zero-order chi connectivity index (χ0) is 12.0. The minimum atomic E-state index is -0.0538. The van der Waals surface area contributed by atoms with Crippen LogP contribution in [0, 0.1) is 22.7 Å². The van der Waals surface area contributed by atoms with Gasteiger partial charge in [0.05, 0.1) is 17.7 Å². The Morgan fingerprint density at radius 1 is 1.38 bits per heavy atom. The van der Waals surface area contributed by atoms with Gasteiger partial charge in [-0.3, -0.25) is 4.79 Å². The van der Waals surface area contributed by atoms with Gasteiger partial charge in [0, 0.05) is 0 Å². The van der Waals surface area contributed by atoms with Crippen LogP contribution in [0.15, 0.2) is 6.33 Å². The second kappa shape index (κ2) is 5.64. The van der Waals surface area contributed by atoms with Crippen LogP contribution < -0.4 is 4.90 Å². The Labute approximate surface area is 96.7 Å². The Kier molecular flexibility index (Phi) is 4.19. The number of hydrogen-bond donors (Lipinski definition) is 0. The summed E-state index contributed by atoms with van der Waals surface area (Å²) in [6.07, 6.45) is 1.67. The maximum Gasteiger partial charge on any atom is 0.156 e. The molecule has 0 aliphatic carbocycles. The van der Waals surface area contributed by atoms with Gasteiger partial charge in [-0.2, -0.15) is 10.5 Å². The van der Waals surface area contributed by atoms with Crippen LogP contribution in [0.4, 0.5) is 5.82 Å². The van der Waals surface area contributed by atoms with Gasteiger partial charge in [-0.15, -0.1) is 0 Å². The SMILES string of the molecule is N#CCN(CC#N)c1ncnc(Cl)c1C=O. The minimum absolute atomic E-state index is 0.000814. The highest BCUT2D eigenvalue weighted by atomic mass is 35.5. The van der Waals surface area contributed by atoms with Crippen LogP contribution in [-0.2, 0) is 0 Å². The van der Waals surface area contributed by atoms with E-state index < -0.39 is 0 Å². The fourth-order valence-corrected chi connectivity index (χ4v) is 1.27. The minimum Gasteiger partial charge on any atom is -0.329 e. The molecule has 6 nitrogen and oxygen atoms in total. The zero-order valence-corrected chi connectivity index (χ0v) is 8.85. The van der Waals surface area contributed by atoms with Gasteiger partial charge in [0.25, 0.3) is 0 Å². The zero-order valence-electron chi connectivity index (χ0n) is 8.09. The molecule has 16 heavy (non-hydrogen) atoms. The molecule has 0 fully saturated rings. The highest BCUT2D eigenvalue weighted by Crippen LogP contribution is 2.20. The lowest BCUT2D eigenvalue weighted by atomic mass is 10.3. The molecule has 0 saturated carbocycles. The second-order valence-electron chi connectivity index (χ2n) is 2.69. The summed E-state index contributed by atoms with van der Waals surface area (Å²) in [6.45, 7) is -0.108. The summed E-state index contributed by atoms with van der Waals surface area (Å²) in [5.74, 6) is 0.193. The molecule has 0 N–H and O–H groups in total. The van der Waals surface area contributed by atoms with Crippen LogP contribution in [0.5, 0.6) is 0 Å². The smallest absolute Gasteiger partial charge is 0.156 e. The molecule has 1 aromatic heterocycles. The summed E-state index contributed by atoms with van der Waals surface area (Å²) in [4.78, 5) is 19.6. The third kappa shape index (κ3) is 2.44. The van der Waals surface area contributed by atoms with E-state index in [-0.39, 0.29) is 29.6 Å². The monoisotopic (exact) mass is 235 g/mol. The number of rotatable bonds is 4. The molecule has 0 aliphatic heterocycles. The van der Waals surface area contributed by atoms with Crippen molar-refractivity contribution in [2.75, 3.05) is 18.0 Å². The van der Waals surface area contributed by atoms with Crippen LogP contribution in [-0.4, -0.2) is 29.3 Å². The van der Waals surface area contributed by atoms with Crippen molar-refractivity contribution < 1.29 is 4.79 Å². The van der Waals surface area contributed by atoms with Gasteiger partial charge < -0.3 is 4.90 Å². The molecule has 1 aromatic rings. The van der Waals surface area contributed by atoms with E-state index in [1.54, 1.807) is 0 Å². The van der Waals surface area contributed by atoms with E-state index in [1.165, 1.54) is 11.2 Å². The molecule has 0 unspecified atom stereocenters. The number of carbonyl (C=O) groups excluding carboxylic acids is 1. The number of aldehydes is 1. The molecule has 0 spiro atoms. The van der Waals surface area contributed by atoms with Gasteiger partial charge in [0.2, 0.25) is 0 Å². The summed E-state index contributed by atoms with van der Waals surface area (Å²) in [5.41, 5.74) is 0.0784. The first-order valence-electron chi connectivity index (χ1n) is 4.19. The van der Waals surface area contributed by atoms with Gasteiger partial charge in [-0.05, 0) is 0 Å². The number of anilines is 1. The molecule has 0 aromatic carbocycles. The van der Waals surface area contributed by atoms with E-state index in [4.69, 9.17) is 22.1 Å². The molecule has 7 heteroatoms. The molecular formula is C9H6ClN5O. The number of halogens is 1. The number of nitrogens with zero attached hydrogens (tertiary/aromatic N) is 5. The third-order valence-electron chi connectivity index (χ3n) is 1.75. The molecule has 0 amide bonds. The highest BCUT2D eigenvalue weighted by Gasteiger charge is 2.15. The van der Waals surface area contributed by atoms with Gasteiger partial charge in [-0.25, -0.2) is 9.97 Å². The average Bonchev–Trinajstić information content (AvgIpc) is 2.28. The van der Waals surface area contributed by atoms with Crippen LogP contribution in [0.1, 0.15) is 10.4 Å². The van der Waals surface area contributed by atoms with Crippen LogP contribution >= 0.6 is 11.6 Å². The predicted molar refractivity (Wildman–Crippen MR) is 55.9 cm³/mol. The first kappa shape index (κ1) is 11.9.